The fraction of sp³-hybridized carbons (Fsp3) is 0.688. The van der Waals surface area contributed by atoms with E-state index in [9.17, 15) is 0 Å². The Morgan fingerprint density at radius 1 is 0.421 bits per heavy atom. The minimum atomic E-state index is -2.37. The number of hydrogen-bond donors (Lipinski definition) is 0. The van der Waals surface area contributed by atoms with Crippen LogP contribution in [0.25, 0.3) is 30.9 Å². The van der Waals surface area contributed by atoms with Crippen molar-refractivity contribution in [2.24, 2.45) is 31.8 Å². The van der Waals surface area contributed by atoms with E-state index in [1.165, 1.54) is 186 Å². The minimum absolute atomic E-state index is 0.425. The molecule has 4 heterocycles. The fourth-order valence-electron chi connectivity index (χ4n) is 10.9. The normalized spacial score (nSPS) is 15.4. The Labute approximate surface area is 494 Å². The molecule has 2 unspecified atom stereocenters. The number of ether oxygens (including phenoxy) is 2. The van der Waals surface area contributed by atoms with Crippen molar-refractivity contribution in [2.45, 2.75) is 250 Å². The van der Waals surface area contributed by atoms with Crippen LogP contribution < -0.4 is 36.7 Å². The molecule has 0 saturated carbocycles. The topological polar surface area (TPSA) is 67.9 Å². The van der Waals surface area contributed by atoms with Crippen LogP contribution in [0.3, 0.4) is 0 Å². The zero-order valence-corrected chi connectivity index (χ0v) is 60.5. The van der Waals surface area contributed by atoms with Gasteiger partial charge in [-0.3, -0.25) is 20.0 Å². The van der Waals surface area contributed by atoms with Crippen LogP contribution in [-0.4, -0.2) is 61.3 Å². The van der Waals surface area contributed by atoms with E-state index in [1.54, 1.807) is 5.79 Å². The molecule has 2 aliphatic heterocycles. The van der Waals surface area contributed by atoms with Gasteiger partial charge in [0.1, 0.15) is 22.0 Å². The van der Waals surface area contributed by atoms with E-state index in [4.69, 9.17) is 29.4 Å². The summed E-state index contributed by atoms with van der Waals surface area (Å²) in [5, 5.41) is 8.54. The summed E-state index contributed by atoms with van der Waals surface area (Å²) in [5.41, 5.74) is -0.850. The molecule has 0 spiro atoms. The molecule has 5 aromatic rings. The molecule has 0 radical (unpaired) electrons. The third-order valence-corrected chi connectivity index (χ3v) is 37.7. The van der Waals surface area contributed by atoms with Crippen molar-refractivity contribution in [2.75, 3.05) is 13.2 Å². The molecule has 0 bridgehead atoms. The number of nitrogens with zero attached hydrogens (tertiary/aromatic N) is 4. The average molecular weight is 1420 g/mol. The molecule has 2 aromatic heterocycles. The van der Waals surface area contributed by atoms with Gasteiger partial charge in [0.2, 0.25) is 0 Å². The fourth-order valence-corrected chi connectivity index (χ4v) is 24.6. The van der Waals surface area contributed by atoms with Gasteiger partial charge in [-0.25, -0.2) is 0 Å². The molecular formula is C64H100Br2N4O2S2Sn2. The van der Waals surface area contributed by atoms with Crippen LogP contribution in [0, 0.1) is 11.8 Å². The summed E-state index contributed by atoms with van der Waals surface area (Å²) in [6.07, 6.45) is 32.5. The van der Waals surface area contributed by atoms with Gasteiger partial charge in [0.15, 0.2) is 0 Å². The van der Waals surface area contributed by atoms with Crippen LogP contribution in [0.1, 0.15) is 209 Å². The van der Waals surface area contributed by atoms with Gasteiger partial charge in [-0.15, -0.1) is 0 Å². The molecule has 0 aliphatic carbocycles. The van der Waals surface area contributed by atoms with Crippen molar-refractivity contribution < 1.29 is 9.47 Å². The Balaban J connectivity index is 0.000000348. The molecule has 0 fully saturated rings. The van der Waals surface area contributed by atoms with Gasteiger partial charge in [-0.1, -0.05) is 53.4 Å². The average Bonchev–Trinajstić information content (AvgIpc) is 4.16. The van der Waals surface area contributed by atoms with E-state index >= 15 is 0 Å². The summed E-state index contributed by atoms with van der Waals surface area (Å²) < 4.78 is 22.5. The Morgan fingerprint density at radius 2 is 0.711 bits per heavy atom. The Bertz CT molecular complexity index is 2680. The van der Waals surface area contributed by atoms with Gasteiger partial charge in [0.25, 0.3) is 0 Å². The van der Waals surface area contributed by atoms with Crippen molar-refractivity contribution >= 4 is 128 Å². The summed E-state index contributed by atoms with van der Waals surface area (Å²) in [7, 11) is 0. The van der Waals surface area contributed by atoms with Gasteiger partial charge < -0.3 is 0 Å². The number of unbranched alkanes of at least 4 members (excludes halogenated alkanes) is 16. The third kappa shape index (κ3) is 18.1. The second-order valence-corrected chi connectivity index (χ2v) is 60.3. The first-order chi connectivity index (χ1) is 36.1. The summed E-state index contributed by atoms with van der Waals surface area (Å²) in [6.45, 7) is 19.1. The maximum atomic E-state index is 7.26. The van der Waals surface area contributed by atoms with Crippen LogP contribution in [0.4, 0.5) is 0 Å². The molecule has 12 heteroatoms. The van der Waals surface area contributed by atoms with E-state index in [2.05, 4.69) is 136 Å². The van der Waals surface area contributed by atoms with Crippen LogP contribution in [-0.2, 0) is 0 Å². The zero-order chi connectivity index (χ0) is 55.3. The second-order valence-electron chi connectivity index (χ2n) is 25.7. The molecule has 76 heavy (non-hydrogen) atoms. The van der Waals surface area contributed by atoms with Crippen LogP contribution in [0.5, 0.6) is 11.5 Å². The van der Waals surface area contributed by atoms with Crippen LogP contribution in [0.15, 0.2) is 53.2 Å². The monoisotopic (exact) mass is 1420 g/mol. The number of rotatable bonds is 32. The first-order valence-electron chi connectivity index (χ1n) is 30.3. The predicted octanol–water partition coefficient (Wildman–Crippen LogP) is 19.0. The zero-order valence-electron chi connectivity index (χ0n) is 50.0. The Kier molecular flexibility index (Phi) is 25.4. The molecule has 422 valence electrons. The molecule has 2 aliphatic rings. The van der Waals surface area contributed by atoms with Crippen molar-refractivity contribution in [1.82, 2.24) is 0 Å². The molecule has 2 atom stereocenters. The van der Waals surface area contributed by atoms with E-state index in [0.717, 1.165) is 54.4 Å². The summed E-state index contributed by atoms with van der Waals surface area (Å²) in [5.74, 6) is 3.68. The molecule has 0 amide bonds. The van der Waals surface area contributed by atoms with E-state index in [1.807, 2.05) is 27.7 Å². The second kappa shape index (κ2) is 30.0. The molecule has 6 nitrogen and oxygen atoms in total. The number of halogens is 2. The van der Waals surface area contributed by atoms with Gasteiger partial charge >= 0.3 is 302 Å². The molecule has 0 N–H and O–H groups in total. The van der Waals surface area contributed by atoms with Crippen molar-refractivity contribution in [3.8, 4) is 11.5 Å². The maximum absolute atomic E-state index is 7.26. The van der Waals surface area contributed by atoms with Crippen LogP contribution >= 0.6 is 54.5 Å². The van der Waals surface area contributed by atoms with Gasteiger partial charge in [-0.05, 0) is 71.7 Å². The summed E-state index contributed by atoms with van der Waals surface area (Å²) in [6, 6.07) is 9.33. The van der Waals surface area contributed by atoms with Crippen LogP contribution in [0.2, 0.25) is 29.6 Å². The standard InChI is InChI=1S/C42H68O2S2.C16H14Br2N4.6CH3.2Sn/c1-5-9-13-17-19-23-27-35(25-21-15-11-7-3)33-43-39-37-29-31-46-42(37)40(38-30-32-45-41(38)39)44-34-36(26-22-16-12-8-4)28-24-20-18-14-10-6-2;1-15(2)19-11-7-5-10(18)14-12(20-16(3,4)22-14)8(7)6-9(17)13(11)21-15;;;;;;;;/h29-30,35-36H,5-28,33-34H2,1-4H3;5-6H,1-4H3;6*1H3;;. The molecule has 0 saturated heterocycles. The summed E-state index contributed by atoms with van der Waals surface area (Å²) >= 11 is 6.67. The third-order valence-electron chi connectivity index (χ3n) is 15.4. The number of thiophene rings is 2. The van der Waals surface area contributed by atoms with Crippen molar-refractivity contribution in [3.05, 3.63) is 54.6 Å². The Hall–Kier alpha value is -0.803. The van der Waals surface area contributed by atoms with Gasteiger partial charge in [-0.2, -0.15) is 0 Å². The molecule has 7 rings (SSSR count). The molecular weight excluding hydrogens is 1320 g/mol. The number of hydrogen-bond acceptors (Lipinski definition) is 8. The Morgan fingerprint density at radius 3 is 1.03 bits per heavy atom. The SMILES string of the molecule is CC1(C)N=c2c(Br)cc3c4c(c(Br)cc3c2=N1)=NC(C)(C)N=4.CCCCCCCCC(CCCCCC)COc1c2c[c]([Sn]([CH3])([CH3])[CH3])sc2c(OCC(CCCCCC)CCCCCCCC)c2c[c]([Sn]([CH3])([CH3])[CH3])sc12. The molecule has 3 aromatic carbocycles. The van der Waals surface area contributed by atoms with E-state index in [-0.39, 0.29) is 0 Å². The van der Waals surface area contributed by atoms with Crippen molar-refractivity contribution in [3.63, 3.8) is 0 Å². The van der Waals surface area contributed by atoms with Gasteiger partial charge in [0, 0.05) is 19.7 Å². The number of fused-ring (bicyclic) bond motifs is 7. The first kappa shape index (κ1) is 64.4. The predicted molar refractivity (Wildman–Crippen MR) is 347 cm³/mol. The number of benzene rings is 3. The van der Waals surface area contributed by atoms with Gasteiger partial charge in [0.05, 0.1) is 10.7 Å². The van der Waals surface area contributed by atoms with Crippen molar-refractivity contribution in [1.29, 1.82) is 0 Å². The van der Waals surface area contributed by atoms with E-state index < -0.39 is 48.1 Å². The first-order valence-corrected chi connectivity index (χ1v) is 53.5. The van der Waals surface area contributed by atoms with E-state index in [0.29, 0.717) is 11.8 Å². The quantitative estimate of drug-likeness (QED) is 0.0318. The summed E-state index contributed by atoms with van der Waals surface area (Å²) in [4.78, 5) is 34.4.